The van der Waals surface area contributed by atoms with Crippen LogP contribution in [0.3, 0.4) is 0 Å². The summed E-state index contributed by atoms with van der Waals surface area (Å²) in [4.78, 5) is 16.6. The number of piperazine rings is 1. The average Bonchev–Trinajstić information content (AvgIpc) is 2.89. The Morgan fingerprint density at radius 1 is 0.794 bits per heavy atom. The Balaban J connectivity index is 1.27. The highest BCUT2D eigenvalue weighted by molar-refractivity contribution is 5.78. The predicted molar refractivity (Wildman–Crippen MR) is 131 cm³/mol. The summed E-state index contributed by atoms with van der Waals surface area (Å²) in [6.45, 7) is 7.75. The van der Waals surface area contributed by atoms with E-state index in [1.807, 2.05) is 73.3 Å². The molecule has 0 saturated carbocycles. The molecule has 1 aromatic heterocycles. The van der Waals surface area contributed by atoms with E-state index >= 15 is 0 Å². The topological polar surface area (TPSA) is 77.0 Å². The number of hydrogen-bond donors (Lipinski definition) is 0. The lowest BCUT2D eigenvalue weighted by atomic mass is 10.1. The molecule has 8 nitrogen and oxygen atoms in total. The van der Waals surface area contributed by atoms with Crippen molar-refractivity contribution in [3.8, 4) is 28.5 Å². The first-order valence-corrected chi connectivity index (χ1v) is 11.6. The van der Waals surface area contributed by atoms with E-state index in [2.05, 4.69) is 15.1 Å². The van der Waals surface area contributed by atoms with Crippen molar-refractivity contribution < 1.29 is 19.0 Å². The van der Waals surface area contributed by atoms with Gasteiger partial charge in [0.05, 0.1) is 18.9 Å². The molecule has 1 fully saturated rings. The normalized spacial score (nSPS) is 13.5. The molecule has 0 spiro atoms. The summed E-state index contributed by atoms with van der Waals surface area (Å²) in [7, 11) is 0. The molecular weight excluding hydrogens is 432 g/mol. The Labute approximate surface area is 200 Å². The second-order valence-corrected chi connectivity index (χ2v) is 7.80. The summed E-state index contributed by atoms with van der Waals surface area (Å²) in [6.07, 6.45) is 0. The average molecular weight is 463 g/mol. The smallest absolute Gasteiger partial charge is 0.260 e. The number of aromatic nitrogens is 2. The minimum absolute atomic E-state index is 0.00612. The highest BCUT2D eigenvalue weighted by atomic mass is 16.5. The first-order valence-electron chi connectivity index (χ1n) is 11.6. The van der Waals surface area contributed by atoms with Gasteiger partial charge >= 0.3 is 0 Å². The van der Waals surface area contributed by atoms with E-state index in [9.17, 15) is 4.79 Å². The third-order valence-electron chi connectivity index (χ3n) is 5.55. The molecule has 178 valence electrons. The zero-order valence-electron chi connectivity index (χ0n) is 19.6. The van der Waals surface area contributed by atoms with Crippen LogP contribution in [0.2, 0.25) is 0 Å². The van der Waals surface area contributed by atoms with Gasteiger partial charge < -0.3 is 24.0 Å². The molecule has 34 heavy (non-hydrogen) atoms. The van der Waals surface area contributed by atoms with Crippen LogP contribution >= 0.6 is 0 Å². The molecule has 3 aromatic rings. The minimum Gasteiger partial charge on any atom is -0.494 e. The Kier molecular flexibility index (Phi) is 7.80. The zero-order chi connectivity index (χ0) is 23.8. The van der Waals surface area contributed by atoms with Crippen LogP contribution in [0.15, 0.2) is 60.7 Å². The number of amides is 1. The minimum atomic E-state index is -0.0293. The van der Waals surface area contributed by atoms with Crippen molar-refractivity contribution in [3.05, 3.63) is 60.7 Å². The first-order chi connectivity index (χ1) is 16.7. The summed E-state index contributed by atoms with van der Waals surface area (Å²) in [5.74, 6) is 2.98. The monoisotopic (exact) mass is 462 g/mol. The highest BCUT2D eigenvalue weighted by Gasteiger charge is 2.22. The van der Waals surface area contributed by atoms with Crippen molar-refractivity contribution >= 4 is 11.7 Å². The molecule has 1 aliphatic rings. The Bertz CT molecular complexity index is 1060. The van der Waals surface area contributed by atoms with Crippen LogP contribution < -0.4 is 19.1 Å². The molecule has 1 aliphatic heterocycles. The summed E-state index contributed by atoms with van der Waals surface area (Å²) in [6, 6.07) is 19.1. The van der Waals surface area contributed by atoms with Gasteiger partial charge in [-0.2, -0.15) is 0 Å². The lowest BCUT2D eigenvalue weighted by Gasteiger charge is -2.35. The Morgan fingerprint density at radius 2 is 1.47 bits per heavy atom. The molecule has 0 atom stereocenters. The Morgan fingerprint density at radius 3 is 2.12 bits per heavy atom. The van der Waals surface area contributed by atoms with E-state index < -0.39 is 0 Å². The highest BCUT2D eigenvalue weighted by Crippen LogP contribution is 2.23. The molecule has 2 heterocycles. The van der Waals surface area contributed by atoms with Gasteiger partial charge in [-0.25, -0.2) is 0 Å². The SMILES string of the molecule is CCOc1ccc(-c2ccc(N3CCN(C(=O)COc4cccc(OCC)c4)CC3)nn2)cc1. The molecule has 0 bridgehead atoms. The van der Waals surface area contributed by atoms with E-state index in [4.69, 9.17) is 14.2 Å². The maximum atomic E-state index is 12.6. The number of carbonyl (C=O) groups excluding carboxylic acids is 1. The van der Waals surface area contributed by atoms with Crippen LogP contribution in [0.25, 0.3) is 11.3 Å². The fraction of sp³-hybridized carbons (Fsp3) is 0.346. The van der Waals surface area contributed by atoms with Crippen molar-refractivity contribution in [1.82, 2.24) is 15.1 Å². The van der Waals surface area contributed by atoms with Gasteiger partial charge in [-0.15, -0.1) is 10.2 Å². The van der Waals surface area contributed by atoms with Crippen molar-refractivity contribution in [2.24, 2.45) is 0 Å². The van der Waals surface area contributed by atoms with Crippen molar-refractivity contribution in [3.63, 3.8) is 0 Å². The lowest BCUT2D eigenvalue weighted by Crippen LogP contribution is -2.50. The Hall–Kier alpha value is -3.81. The number of rotatable bonds is 9. The van der Waals surface area contributed by atoms with Gasteiger partial charge in [0.15, 0.2) is 12.4 Å². The molecule has 2 aromatic carbocycles. The molecule has 1 amide bonds. The van der Waals surface area contributed by atoms with Gasteiger partial charge in [-0.05, 0) is 62.4 Å². The molecule has 1 saturated heterocycles. The quantitative estimate of drug-likeness (QED) is 0.480. The van der Waals surface area contributed by atoms with Crippen LogP contribution in [0.4, 0.5) is 5.82 Å². The van der Waals surface area contributed by atoms with Crippen molar-refractivity contribution in [1.29, 1.82) is 0 Å². The summed E-state index contributed by atoms with van der Waals surface area (Å²) < 4.78 is 16.6. The molecule has 0 aliphatic carbocycles. The van der Waals surface area contributed by atoms with Gasteiger partial charge in [-0.3, -0.25) is 4.79 Å². The number of ether oxygens (including phenoxy) is 3. The number of hydrogen-bond acceptors (Lipinski definition) is 7. The standard InChI is InChI=1S/C26H30N4O4/c1-3-32-21-10-8-20(9-11-21)24-12-13-25(28-27-24)29-14-16-30(17-15-29)26(31)19-34-23-7-5-6-22(18-23)33-4-2/h5-13,18H,3-4,14-17,19H2,1-2H3. The van der Waals surface area contributed by atoms with Crippen LogP contribution in [0, 0.1) is 0 Å². The predicted octanol–water partition coefficient (Wildman–Crippen LogP) is 3.67. The maximum absolute atomic E-state index is 12.6. The number of benzene rings is 2. The van der Waals surface area contributed by atoms with Crippen LogP contribution in [0.1, 0.15) is 13.8 Å². The largest absolute Gasteiger partial charge is 0.494 e. The van der Waals surface area contributed by atoms with Gasteiger partial charge in [0.25, 0.3) is 5.91 Å². The van der Waals surface area contributed by atoms with Crippen molar-refractivity contribution in [2.45, 2.75) is 13.8 Å². The number of anilines is 1. The van der Waals surface area contributed by atoms with E-state index in [0.717, 1.165) is 28.6 Å². The molecular formula is C26H30N4O4. The fourth-order valence-corrected chi connectivity index (χ4v) is 3.78. The fourth-order valence-electron chi connectivity index (χ4n) is 3.78. The zero-order valence-corrected chi connectivity index (χ0v) is 19.6. The molecule has 0 N–H and O–H groups in total. The van der Waals surface area contributed by atoms with E-state index in [1.54, 1.807) is 6.07 Å². The van der Waals surface area contributed by atoms with Gasteiger partial charge in [0, 0.05) is 37.8 Å². The van der Waals surface area contributed by atoms with E-state index in [-0.39, 0.29) is 12.5 Å². The third kappa shape index (κ3) is 5.95. The number of carbonyl (C=O) groups is 1. The first kappa shape index (κ1) is 23.4. The van der Waals surface area contributed by atoms with Crippen LogP contribution in [-0.2, 0) is 4.79 Å². The van der Waals surface area contributed by atoms with Gasteiger partial charge in [-0.1, -0.05) is 6.07 Å². The van der Waals surface area contributed by atoms with Crippen LogP contribution in [0.5, 0.6) is 17.2 Å². The summed E-state index contributed by atoms with van der Waals surface area (Å²) >= 11 is 0. The summed E-state index contributed by atoms with van der Waals surface area (Å²) in [5.41, 5.74) is 1.80. The second kappa shape index (κ2) is 11.4. The van der Waals surface area contributed by atoms with Crippen LogP contribution in [-0.4, -0.2) is 67.0 Å². The molecule has 0 radical (unpaired) electrons. The number of nitrogens with zero attached hydrogens (tertiary/aromatic N) is 4. The van der Waals surface area contributed by atoms with Crippen molar-refractivity contribution in [2.75, 3.05) is 50.9 Å². The molecule has 0 unspecified atom stereocenters. The van der Waals surface area contributed by atoms with Gasteiger partial charge in [0.1, 0.15) is 17.2 Å². The molecule has 8 heteroatoms. The van der Waals surface area contributed by atoms with E-state index in [1.165, 1.54) is 0 Å². The molecule has 4 rings (SSSR count). The lowest BCUT2D eigenvalue weighted by molar-refractivity contribution is -0.133. The summed E-state index contributed by atoms with van der Waals surface area (Å²) in [5, 5.41) is 8.81. The van der Waals surface area contributed by atoms with E-state index in [0.29, 0.717) is 45.1 Å². The third-order valence-corrected chi connectivity index (χ3v) is 5.55. The maximum Gasteiger partial charge on any atom is 0.260 e. The van der Waals surface area contributed by atoms with Gasteiger partial charge in [0.2, 0.25) is 0 Å². The second-order valence-electron chi connectivity index (χ2n) is 7.80.